The van der Waals surface area contributed by atoms with Crippen LogP contribution in [0, 0.1) is 5.92 Å². The van der Waals surface area contributed by atoms with Crippen molar-refractivity contribution in [3.05, 3.63) is 0 Å². The number of rotatable bonds is 4. The second-order valence-corrected chi connectivity index (χ2v) is 7.01. The lowest BCUT2D eigenvalue weighted by atomic mass is 10.00. The first-order valence-electron chi connectivity index (χ1n) is 5.62. The first-order chi connectivity index (χ1) is 6.98. The predicted octanol–water partition coefficient (Wildman–Crippen LogP) is 0.656. The van der Waals surface area contributed by atoms with E-state index in [0.29, 0.717) is 19.0 Å². The lowest BCUT2D eigenvalue weighted by Crippen LogP contribution is -2.45. The summed E-state index contributed by atoms with van der Waals surface area (Å²) in [6, 6.07) is 0. The molecule has 1 unspecified atom stereocenters. The van der Waals surface area contributed by atoms with Gasteiger partial charge in [-0.1, -0.05) is 0 Å². The van der Waals surface area contributed by atoms with E-state index in [1.54, 1.807) is 18.2 Å². The van der Waals surface area contributed by atoms with Crippen LogP contribution in [0.1, 0.15) is 26.7 Å². The number of sulfonamides is 1. The lowest BCUT2D eigenvalue weighted by Gasteiger charge is -2.33. The molecule has 1 atom stereocenters. The molecular weight excluding hydrogens is 212 g/mol. The summed E-state index contributed by atoms with van der Waals surface area (Å²) in [6.07, 6.45) is 2.11. The van der Waals surface area contributed by atoms with Gasteiger partial charge in [-0.25, -0.2) is 12.7 Å². The standard InChI is InChI=1S/C10H22N2O2S/c1-9(2)15(13,14)12-6-4-5-10(8-12)7-11-3/h9-11H,4-8H2,1-3H3. The molecule has 1 rings (SSSR count). The van der Waals surface area contributed by atoms with Crippen LogP contribution in [0.2, 0.25) is 0 Å². The van der Waals surface area contributed by atoms with Gasteiger partial charge in [0.15, 0.2) is 0 Å². The third-order valence-corrected chi connectivity index (χ3v) is 5.17. The molecule has 0 spiro atoms. The largest absolute Gasteiger partial charge is 0.319 e. The molecule has 0 aromatic rings. The Hall–Kier alpha value is -0.130. The van der Waals surface area contributed by atoms with Gasteiger partial charge in [0.25, 0.3) is 0 Å². The van der Waals surface area contributed by atoms with Gasteiger partial charge in [-0.15, -0.1) is 0 Å². The Morgan fingerprint density at radius 1 is 1.47 bits per heavy atom. The minimum absolute atomic E-state index is 0.300. The topological polar surface area (TPSA) is 49.4 Å². The molecule has 0 aromatic heterocycles. The second-order valence-electron chi connectivity index (χ2n) is 4.52. The highest BCUT2D eigenvalue weighted by Gasteiger charge is 2.30. The molecule has 15 heavy (non-hydrogen) atoms. The molecule has 1 aliphatic heterocycles. The van der Waals surface area contributed by atoms with Crippen LogP contribution in [0.4, 0.5) is 0 Å². The van der Waals surface area contributed by atoms with Crippen molar-refractivity contribution in [1.29, 1.82) is 0 Å². The van der Waals surface area contributed by atoms with Crippen LogP contribution in [-0.2, 0) is 10.0 Å². The van der Waals surface area contributed by atoms with E-state index in [2.05, 4.69) is 5.32 Å². The fraction of sp³-hybridized carbons (Fsp3) is 1.00. The van der Waals surface area contributed by atoms with Gasteiger partial charge in [0, 0.05) is 13.1 Å². The van der Waals surface area contributed by atoms with E-state index in [0.717, 1.165) is 19.4 Å². The Morgan fingerprint density at radius 2 is 2.13 bits per heavy atom. The molecule has 90 valence electrons. The smallest absolute Gasteiger partial charge is 0.216 e. The third-order valence-electron chi connectivity index (χ3n) is 2.93. The monoisotopic (exact) mass is 234 g/mol. The highest BCUT2D eigenvalue weighted by molar-refractivity contribution is 7.89. The van der Waals surface area contributed by atoms with Gasteiger partial charge in [0.05, 0.1) is 5.25 Å². The first-order valence-corrected chi connectivity index (χ1v) is 7.12. The van der Waals surface area contributed by atoms with Gasteiger partial charge in [0.2, 0.25) is 10.0 Å². The van der Waals surface area contributed by atoms with Crippen molar-refractivity contribution in [3.8, 4) is 0 Å². The molecule has 0 amide bonds. The summed E-state index contributed by atoms with van der Waals surface area (Å²) >= 11 is 0. The third kappa shape index (κ3) is 3.16. The van der Waals surface area contributed by atoms with Gasteiger partial charge in [-0.3, -0.25) is 0 Å². The van der Waals surface area contributed by atoms with E-state index in [1.807, 2.05) is 7.05 Å². The SMILES string of the molecule is CNCC1CCCN(S(=O)(=O)C(C)C)C1. The fourth-order valence-corrected chi connectivity index (χ4v) is 3.41. The molecule has 1 N–H and O–H groups in total. The molecule has 1 fully saturated rings. The fourth-order valence-electron chi connectivity index (χ4n) is 2.01. The average Bonchev–Trinajstić information content (AvgIpc) is 2.18. The maximum absolute atomic E-state index is 11.9. The van der Waals surface area contributed by atoms with Crippen molar-refractivity contribution in [1.82, 2.24) is 9.62 Å². The normalized spacial score (nSPS) is 24.7. The van der Waals surface area contributed by atoms with Crippen LogP contribution >= 0.6 is 0 Å². The van der Waals surface area contributed by atoms with Crippen LogP contribution in [0.25, 0.3) is 0 Å². The molecule has 0 bridgehead atoms. The molecule has 1 aliphatic rings. The van der Waals surface area contributed by atoms with E-state index in [9.17, 15) is 8.42 Å². The molecule has 4 nitrogen and oxygen atoms in total. The molecule has 0 saturated carbocycles. The molecule has 0 aromatic carbocycles. The van der Waals surface area contributed by atoms with E-state index >= 15 is 0 Å². The van der Waals surface area contributed by atoms with Crippen molar-refractivity contribution in [2.24, 2.45) is 5.92 Å². The van der Waals surface area contributed by atoms with Crippen molar-refractivity contribution in [2.75, 3.05) is 26.7 Å². The van der Waals surface area contributed by atoms with Crippen molar-refractivity contribution >= 4 is 10.0 Å². The van der Waals surface area contributed by atoms with Gasteiger partial charge in [0.1, 0.15) is 0 Å². The first kappa shape index (κ1) is 12.9. The average molecular weight is 234 g/mol. The van der Waals surface area contributed by atoms with Crippen LogP contribution in [0.15, 0.2) is 0 Å². The number of hydrogen-bond acceptors (Lipinski definition) is 3. The summed E-state index contributed by atoms with van der Waals surface area (Å²) in [5.74, 6) is 0.470. The Labute approximate surface area is 93.1 Å². The lowest BCUT2D eigenvalue weighted by molar-refractivity contribution is 0.262. The number of nitrogens with zero attached hydrogens (tertiary/aromatic N) is 1. The van der Waals surface area contributed by atoms with Gasteiger partial charge >= 0.3 is 0 Å². The number of piperidine rings is 1. The zero-order valence-electron chi connectivity index (χ0n) is 9.86. The van der Waals surface area contributed by atoms with E-state index in [4.69, 9.17) is 0 Å². The van der Waals surface area contributed by atoms with Gasteiger partial charge in [-0.05, 0) is 46.2 Å². The maximum Gasteiger partial charge on any atom is 0.216 e. The minimum Gasteiger partial charge on any atom is -0.319 e. The molecule has 0 aliphatic carbocycles. The summed E-state index contributed by atoms with van der Waals surface area (Å²) in [6.45, 7) is 5.78. The maximum atomic E-state index is 11.9. The highest BCUT2D eigenvalue weighted by atomic mass is 32.2. The Morgan fingerprint density at radius 3 is 2.67 bits per heavy atom. The summed E-state index contributed by atoms with van der Waals surface area (Å²) < 4.78 is 25.5. The molecule has 1 heterocycles. The van der Waals surface area contributed by atoms with E-state index < -0.39 is 10.0 Å². The molecule has 5 heteroatoms. The van der Waals surface area contributed by atoms with Crippen LogP contribution in [-0.4, -0.2) is 44.7 Å². The Kier molecular flexibility index (Phi) is 4.55. The predicted molar refractivity (Wildman–Crippen MR) is 62.3 cm³/mol. The van der Waals surface area contributed by atoms with E-state index in [-0.39, 0.29) is 5.25 Å². The van der Waals surface area contributed by atoms with Crippen molar-refractivity contribution in [2.45, 2.75) is 31.9 Å². The zero-order valence-corrected chi connectivity index (χ0v) is 10.7. The minimum atomic E-state index is -3.05. The van der Waals surface area contributed by atoms with Gasteiger partial charge in [-0.2, -0.15) is 0 Å². The highest BCUT2D eigenvalue weighted by Crippen LogP contribution is 2.20. The summed E-state index contributed by atoms with van der Waals surface area (Å²) in [5, 5.41) is 2.82. The second kappa shape index (κ2) is 5.27. The Balaban J connectivity index is 2.64. The van der Waals surface area contributed by atoms with Gasteiger partial charge < -0.3 is 5.32 Å². The zero-order chi connectivity index (χ0) is 11.5. The summed E-state index contributed by atoms with van der Waals surface area (Å²) in [5.41, 5.74) is 0. The number of hydrogen-bond donors (Lipinski definition) is 1. The summed E-state index contributed by atoms with van der Waals surface area (Å²) in [7, 11) is -1.13. The van der Waals surface area contributed by atoms with Crippen LogP contribution in [0.3, 0.4) is 0 Å². The Bertz CT molecular complexity index is 286. The molecule has 1 saturated heterocycles. The number of nitrogens with one attached hydrogen (secondary N) is 1. The quantitative estimate of drug-likeness (QED) is 0.777. The summed E-state index contributed by atoms with van der Waals surface area (Å²) in [4.78, 5) is 0. The van der Waals surface area contributed by atoms with E-state index in [1.165, 1.54) is 0 Å². The van der Waals surface area contributed by atoms with Crippen LogP contribution < -0.4 is 5.32 Å². The van der Waals surface area contributed by atoms with Crippen molar-refractivity contribution < 1.29 is 8.42 Å². The van der Waals surface area contributed by atoms with Crippen LogP contribution in [0.5, 0.6) is 0 Å². The molecule has 0 radical (unpaired) electrons. The van der Waals surface area contributed by atoms with Crippen molar-refractivity contribution in [3.63, 3.8) is 0 Å². The molecular formula is C10H22N2O2S.